The molecule has 1 N–H and O–H groups in total. The van der Waals surface area contributed by atoms with Gasteiger partial charge in [0.15, 0.2) is 0 Å². The number of amides is 1. The van der Waals surface area contributed by atoms with Gasteiger partial charge in [-0.25, -0.2) is 0 Å². The Morgan fingerprint density at radius 1 is 1.19 bits per heavy atom. The molecule has 4 aliphatic rings. The molecular weight excluding hydrogens is 324 g/mol. The van der Waals surface area contributed by atoms with Gasteiger partial charge in [-0.05, 0) is 24.8 Å². The number of rotatable bonds is 4. The Labute approximate surface area is 155 Å². The van der Waals surface area contributed by atoms with E-state index in [-0.39, 0.29) is 18.1 Å². The zero-order valence-electron chi connectivity index (χ0n) is 15.3. The molecule has 0 unspecified atom stereocenters. The Morgan fingerprint density at radius 2 is 2.00 bits per heavy atom. The summed E-state index contributed by atoms with van der Waals surface area (Å²) in [6.07, 6.45) is 11.6. The van der Waals surface area contributed by atoms with E-state index in [0.717, 1.165) is 32.4 Å². The van der Waals surface area contributed by atoms with Gasteiger partial charge in [0, 0.05) is 25.0 Å². The maximum Gasteiger partial charge on any atom is 0.240 e. The molecule has 0 aromatic heterocycles. The van der Waals surface area contributed by atoms with Crippen LogP contribution in [-0.2, 0) is 16.1 Å². The highest BCUT2D eigenvalue weighted by Crippen LogP contribution is 2.51. The highest BCUT2D eigenvalue weighted by molar-refractivity contribution is 5.85. The number of ether oxygens (including phenoxy) is 1. The lowest BCUT2D eigenvalue weighted by molar-refractivity contribution is -0.133. The molecule has 4 atom stereocenters. The second-order valence-corrected chi connectivity index (χ2v) is 8.46. The largest absolute Gasteiger partial charge is 0.361 e. The third-order valence-electron chi connectivity index (χ3n) is 6.76. The van der Waals surface area contributed by atoms with E-state index >= 15 is 0 Å². The fraction of sp³-hybridized carbons (Fsp3) is 0.591. The Morgan fingerprint density at radius 3 is 2.77 bits per heavy atom. The molecule has 3 fully saturated rings. The number of fused-ring (bicyclic) bond motifs is 1. The number of hydrogen-bond acceptors (Lipinski definition) is 3. The number of nitrogens with zero attached hydrogens (tertiary/aromatic N) is 1. The SMILES string of the molecule is O=C(NC1CCCCC1)[C@@H]1N(Cc2ccccc2)C[C@H]2C[C@@H]3C=C[C@@]21O3. The lowest BCUT2D eigenvalue weighted by Gasteiger charge is -2.34. The van der Waals surface area contributed by atoms with E-state index in [9.17, 15) is 4.79 Å². The van der Waals surface area contributed by atoms with E-state index in [1.54, 1.807) is 0 Å². The molecule has 4 nitrogen and oxygen atoms in total. The van der Waals surface area contributed by atoms with Crippen LogP contribution in [0.25, 0.3) is 0 Å². The lowest BCUT2D eigenvalue weighted by atomic mass is 9.81. The van der Waals surface area contributed by atoms with Crippen LogP contribution in [0.15, 0.2) is 42.5 Å². The van der Waals surface area contributed by atoms with Crippen LogP contribution >= 0.6 is 0 Å². The van der Waals surface area contributed by atoms with Crippen LogP contribution in [-0.4, -0.2) is 41.1 Å². The number of likely N-dealkylation sites (tertiary alicyclic amines) is 1. The highest BCUT2D eigenvalue weighted by Gasteiger charge is 2.63. The summed E-state index contributed by atoms with van der Waals surface area (Å²) in [5.41, 5.74) is 0.857. The lowest BCUT2D eigenvalue weighted by Crippen LogP contribution is -2.56. The molecule has 1 aromatic carbocycles. The number of carbonyl (C=O) groups is 1. The van der Waals surface area contributed by atoms with Crippen molar-refractivity contribution in [2.75, 3.05) is 6.54 Å². The summed E-state index contributed by atoms with van der Waals surface area (Å²) in [6, 6.07) is 10.6. The van der Waals surface area contributed by atoms with E-state index in [0.29, 0.717) is 12.0 Å². The number of nitrogens with one attached hydrogen (secondary N) is 1. The summed E-state index contributed by atoms with van der Waals surface area (Å²) in [6.45, 7) is 1.75. The van der Waals surface area contributed by atoms with Crippen molar-refractivity contribution in [3.63, 3.8) is 0 Å². The van der Waals surface area contributed by atoms with Crippen LogP contribution in [0.3, 0.4) is 0 Å². The Hall–Kier alpha value is -1.65. The topological polar surface area (TPSA) is 41.6 Å². The standard InChI is InChI=1S/C22H28N2O2/c25-21(23-18-9-5-2-6-10-18)20-22-12-11-19(26-22)13-17(22)15-24(20)14-16-7-3-1-4-8-16/h1,3-4,7-8,11-12,17-20H,2,5-6,9-10,13-15H2,(H,23,25)/t17-,19+,20+,22-/m1/s1. The maximum atomic E-state index is 13.4. The van der Waals surface area contributed by atoms with E-state index in [4.69, 9.17) is 4.74 Å². The van der Waals surface area contributed by atoms with Crippen molar-refractivity contribution in [3.05, 3.63) is 48.0 Å². The van der Waals surface area contributed by atoms with E-state index in [1.165, 1.54) is 24.8 Å². The summed E-state index contributed by atoms with van der Waals surface area (Å²) in [5.74, 6) is 0.603. The Balaban J connectivity index is 1.39. The molecule has 5 rings (SSSR count). The molecule has 0 radical (unpaired) electrons. The smallest absolute Gasteiger partial charge is 0.240 e. The number of benzene rings is 1. The van der Waals surface area contributed by atoms with Gasteiger partial charge in [0.25, 0.3) is 0 Å². The normalized spacial score (nSPS) is 36.4. The van der Waals surface area contributed by atoms with Gasteiger partial charge in [-0.1, -0.05) is 61.7 Å². The molecule has 26 heavy (non-hydrogen) atoms. The molecular formula is C22H28N2O2. The molecule has 1 aromatic rings. The predicted octanol–water partition coefficient (Wildman–Crippen LogP) is 3.03. The van der Waals surface area contributed by atoms with E-state index < -0.39 is 5.60 Å². The second kappa shape index (κ2) is 6.50. The first-order valence-corrected chi connectivity index (χ1v) is 10.2. The highest BCUT2D eigenvalue weighted by atomic mass is 16.5. The van der Waals surface area contributed by atoms with Crippen molar-refractivity contribution >= 4 is 5.91 Å². The van der Waals surface area contributed by atoms with Crippen LogP contribution in [0.4, 0.5) is 0 Å². The molecule has 2 bridgehead atoms. The Bertz CT molecular complexity index is 697. The molecule has 4 heteroatoms. The van der Waals surface area contributed by atoms with Crippen molar-refractivity contribution in [2.45, 2.75) is 68.9 Å². The van der Waals surface area contributed by atoms with Crippen molar-refractivity contribution in [2.24, 2.45) is 5.92 Å². The first kappa shape index (κ1) is 16.5. The molecule has 1 amide bonds. The van der Waals surface area contributed by atoms with Gasteiger partial charge >= 0.3 is 0 Å². The molecule has 138 valence electrons. The minimum Gasteiger partial charge on any atom is -0.361 e. The van der Waals surface area contributed by atoms with E-state index in [1.807, 2.05) is 6.07 Å². The maximum absolute atomic E-state index is 13.4. The summed E-state index contributed by atoms with van der Waals surface area (Å²) in [7, 11) is 0. The van der Waals surface area contributed by atoms with Crippen LogP contribution < -0.4 is 5.32 Å². The summed E-state index contributed by atoms with van der Waals surface area (Å²) >= 11 is 0. The molecule has 1 aliphatic carbocycles. The predicted molar refractivity (Wildman–Crippen MR) is 101 cm³/mol. The minimum atomic E-state index is -0.405. The zero-order chi connectivity index (χ0) is 17.6. The quantitative estimate of drug-likeness (QED) is 0.847. The van der Waals surface area contributed by atoms with Gasteiger partial charge in [-0.15, -0.1) is 0 Å². The summed E-state index contributed by atoms with van der Waals surface area (Å²) < 4.78 is 6.36. The van der Waals surface area contributed by atoms with Crippen molar-refractivity contribution in [1.29, 1.82) is 0 Å². The van der Waals surface area contributed by atoms with Gasteiger partial charge < -0.3 is 10.1 Å². The summed E-state index contributed by atoms with van der Waals surface area (Å²) in [5, 5.41) is 3.37. The fourth-order valence-corrected chi connectivity index (χ4v) is 5.56. The zero-order valence-corrected chi connectivity index (χ0v) is 15.3. The molecule has 3 aliphatic heterocycles. The van der Waals surface area contributed by atoms with Gasteiger partial charge in [0.05, 0.1) is 6.10 Å². The molecule has 3 heterocycles. The number of hydrogen-bond donors (Lipinski definition) is 1. The third-order valence-corrected chi connectivity index (χ3v) is 6.76. The van der Waals surface area contributed by atoms with Crippen LogP contribution in [0.5, 0.6) is 0 Å². The molecule has 1 saturated carbocycles. The van der Waals surface area contributed by atoms with Gasteiger partial charge in [0.1, 0.15) is 11.6 Å². The van der Waals surface area contributed by atoms with Crippen molar-refractivity contribution in [1.82, 2.24) is 10.2 Å². The van der Waals surface area contributed by atoms with Crippen molar-refractivity contribution in [3.8, 4) is 0 Å². The molecule has 2 saturated heterocycles. The number of carbonyl (C=O) groups excluding carboxylic acids is 1. The Kier molecular flexibility index (Phi) is 4.13. The fourth-order valence-electron chi connectivity index (χ4n) is 5.56. The summed E-state index contributed by atoms with van der Waals surface area (Å²) in [4.78, 5) is 15.7. The van der Waals surface area contributed by atoms with Gasteiger partial charge in [0.2, 0.25) is 5.91 Å². The average molecular weight is 352 g/mol. The second-order valence-electron chi connectivity index (χ2n) is 8.46. The van der Waals surface area contributed by atoms with Crippen LogP contribution in [0.2, 0.25) is 0 Å². The molecule has 1 spiro atoms. The van der Waals surface area contributed by atoms with Crippen molar-refractivity contribution < 1.29 is 9.53 Å². The van der Waals surface area contributed by atoms with Gasteiger partial charge in [-0.3, -0.25) is 9.69 Å². The first-order chi connectivity index (χ1) is 12.7. The van der Waals surface area contributed by atoms with Crippen LogP contribution in [0, 0.1) is 5.92 Å². The monoisotopic (exact) mass is 352 g/mol. The minimum absolute atomic E-state index is 0.169. The van der Waals surface area contributed by atoms with Crippen LogP contribution in [0.1, 0.15) is 44.1 Å². The first-order valence-electron chi connectivity index (χ1n) is 10.2. The third kappa shape index (κ3) is 2.71. The van der Waals surface area contributed by atoms with Gasteiger partial charge in [-0.2, -0.15) is 0 Å². The average Bonchev–Trinajstić information content (AvgIpc) is 3.30. The van der Waals surface area contributed by atoms with E-state index in [2.05, 4.69) is 46.6 Å².